The zero-order valence-corrected chi connectivity index (χ0v) is 12.5. The van der Waals surface area contributed by atoms with E-state index >= 15 is 0 Å². The standard InChI is InChI=1S/C13H12F2O7S/c1-3-11(16)22-10-6-4-9(5-7-10)12(17)21-8(2)13(14,15)23(18,19)20/h3-8H,1H2,2H3,(H,18,19,20). The van der Waals surface area contributed by atoms with Gasteiger partial charge >= 0.3 is 27.3 Å². The summed E-state index contributed by atoms with van der Waals surface area (Å²) in [5, 5.41) is -4.65. The molecule has 1 aromatic rings. The Morgan fingerprint density at radius 1 is 1.30 bits per heavy atom. The molecule has 1 N–H and O–H groups in total. The van der Waals surface area contributed by atoms with E-state index in [4.69, 9.17) is 9.29 Å². The van der Waals surface area contributed by atoms with Crippen molar-refractivity contribution in [1.29, 1.82) is 0 Å². The molecular weight excluding hydrogens is 338 g/mol. The molecule has 0 aliphatic rings. The molecule has 0 bridgehead atoms. The molecule has 1 unspecified atom stereocenters. The topological polar surface area (TPSA) is 107 Å². The summed E-state index contributed by atoms with van der Waals surface area (Å²) in [4.78, 5) is 22.6. The first-order chi connectivity index (χ1) is 10.5. The summed E-state index contributed by atoms with van der Waals surface area (Å²) in [7, 11) is -5.73. The van der Waals surface area contributed by atoms with Crippen molar-refractivity contribution < 1.29 is 40.8 Å². The summed E-state index contributed by atoms with van der Waals surface area (Å²) < 4.78 is 65.1. The molecule has 0 aliphatic carbocycles. The van der Waals surface area contributed by atoms with Gasteiger partial charge in [0.05, 0.1) is 5.56 Å². The van der Waals surface area contributed by atoms with Crippen LogP contribution >= 0.6 is 0 Å². The number of rotatable bonds is 6. The molecule has 1 atom stereocenters. The van der Waals surface area contributed by atoms with Gasteiger partial charge in [-0.3, -0.25) is 4.55 Å². The quantitative estimate of drug-likeness (QED) is 0.361. The fraction of sp³-hybridized carbons (Fsp3) is 0.231. The number of alkyl halides is 2. The highest BCUT2D eigenvalue weighted by Gasteiger charge is 2.52. The van der Waals surface area contributed by atoms with Gasteiger partial charge in [0.2, 0.25) is 0 Å². The third-order valence-electron chi connectivity index (χ3n) is 2.58. The molecule has 10 heteroatoms. The summed E-state index contributed by atoms with van der Waals surface area (Å²) in [6.07, 6.45) is -1.50. The predicted octanol–water partition coefficient (Wildman–Crippen LogP) is 1.80. The van der Waals surface area contributed by atoms with Crippen LogP contribution in [0.4, 0.5) is 8.78 Å². The van der Waals surface area contributed by atoms with Crippen LogP contribution < -0.4 is 4.74 Å². The third-order valence-corrected chi connectivity index (χ3v) is 3.60. The molecule has 126 valence electrons. The van der Waals surface area contributed by atoms with Crippen molar-refractivity contribution in [1.82, 2.24) is 0 Å². The number of hydrogen-bond donors (Lipinski definition) is 1. The fourth-order valence-electron chi connectivity index (χ4n) is 1.32. The molecule has 0 saturated carbocycles. The van der Waals surface area contributed by atoms with Crippen molar-refractivity contribution in [3.05, 3.63) is 42.5 Å². The van der Waals surface area contributed by atoms with Crippen LogP contribution in [0, 0.1) is 0 Å². The highest BCUT2D eigenvalue weighted by Crippen LogP contribution is 2.27. The van der Waals surface area contributed by atoms with Crippen molar-refractivity contribution in [3.63, 3.8) is 0 Å². The minimum Gasteiger partial charge on any atom is -0.451 e. The Hall–Kier alpha value is -2.33. The Balaban J connectivity index is 2.83. The van der Waals surface area contributed by atoms with Crippen LogP contribution in [0.5, 0.6) is 5.75 Å². The van der Waals surface area contributed by atoms with E-state index in [2.05, 4.69) is 11.3 Å². The Kier molecular flexibility index (Phi) is 5.56. The highest BCUT2D eigenvalue weighted by molar-refractivity contribution is 7.86. The Morgan fingerprint density at radius 2 is 1.83 bits per heavy atom. The molecule has 0 spiro atoms. The first kappa shape index (κ1) is 18.7. The zero-order chi connectivity index (χ0) is 17.8. The minimum atomic E-state index is -5.73. The monoisotopic (exact) mass is 350 g/mol. The second-order valence-corrected chi connectivity index (χ2v) is 5.73. The van der Waals surface area contributed by atoms with Gasteiger partial charge in [0, 0.05) is 6.08 Å². The molecule has 0 heterocycles. The molecule has 0 saturated heterocycles. The number of halogens is 2. The molecule has 0 aromatic heterocycles. The fourth-order valence-corrected chi connectivity index (χ4v) is 1.79. The Labute approximate surface area is 130 Å². The minimum absolute atomic E-state index is 0.0720. The zero-order valence-electron chi connectivity index (χ0n) is 11.7. The number of carbonyl (C=O) groups excluding carboxylic acids is 2. The Morgan fingerprint density at radius 3 is 2.26 bits per heavy atom. The summed E-state index contributed by atoms with van der Waals surface area (Å²) in [5.74, 6) is -1.91. The second-order valence-electron chi connectivity index (χ2n) is 4.23. The van der Waals surface area contributed by atoms with Crippen LogP contribution in [-0.4, -0.2) is 36.3 Å². The van der Waals surface area contributed by atoms with E-state index < -0.39 is 33.4 Å². The average molecular weight is 350 g/mol. The van der Waals surface area contributed by atoms with Gasteiger partial charge in [-0.15, -0.1) is 0 Å². The molecule has 1 aromatic carbocycles. The van der Waals surface area contributed by atoms with Gasteiger partial charge < -0.3 is 9.47 Å². The molecular formula is C13H12F2O7S. The smallest absolute Gasteiger partial charge is 0.405 e. The van der Waals surface area contributed by atoms with Gasteiger partial charge in [-0.2, -0.15) is 17.2 Å². The predicted molar refractivity (Wildman–Crippen MR) is 73.6 cm³/mol. The molecule has 7 nitrogen and oxygen atoms in total. The van der Waals surface area contributed by atoms with E-state index in [1.165, 1.54) is 12.1 Å². The summed E-state index contributed by atoms with van der Waals surface area (Å²) in [6, 6.07) is 4.63. The largest absolute Gasteiger partial charge is 0.451 e. The van der Waals surface area contributed by atoms with E-state index in [1.54, 1.807) is 0 Å². The lowest BCUT2D eigenvalue weighted by atomic mass is 10.2. The van der Waals surface area contributed by atoms with E-state index in [0.717, 1.165) is 18.2 Å². The molecule has 0 amide bonds. The van der Waals surface area contributed by atoms with Gasteiger partial charge in [0.1, 0.15) is 5.75 Å². The van der Waals surface area contributed by atoms with Crippen LogP contribution in [0.2, 0.25) is 0 Å². The van der Waals surface area contributed by atoms with Crippen LogP contribution in [0.3, 0.4) is 0 Å². The molecule has 0 aliphatic heterocycles. The van der Waals surface area contributed by atoms with Crippen molar-refractivity contribution in [2.24, 2.45) is 0 Å². The third kappa shape index (κ3) is 4.57. The summed E-state index contributed by atoms with van der Waals surface area (Å²) in [5.41, 5.74) is -0.193. The lowest BCUT2D eigenvalue weighted by Gasteiger charge is -2.20. The van der Waals surface area contributed by atoms with Crippen molar-refractivity contribution in [2.45, 2.75) is 18.3 Å². The van der Waals surface area contributed by atoms with E-state index in [0.29, 0.717) is 6.92 Å². The molecule has 0 fully saturated rings. The first-order valence-corrected chi connectivity index (χ1v) is 7.43. The van der Waals surface area contributed by atoms with Crippen LogP contribution in [0.25, 0.3) is 0 Å². The van der Waals surface area contributed by atoms with Crippen LogP contribution in [0.15, 0.2) is 36.9 Å². The lowest BCUT2D eigenvalue weighted by Crippen LogP contribution is -2.42. The van der Waals surface area contributed by atoms with E-state index in [9.17, 15) is 26.8 Å². The summed E-state index contributed by atoms with van der Waals surface area (Å²) >= 11 is 0. The van der Waals surface area contributed by atoms with Gasteiger partial charge in [-0.05, 0) is 31.2 Å². The van der Waals surface area contributed by atoms with Crippen molar-refractivity contribution in [3.8, 4) is 5.75 Å². The normalized spacial score (nSPS) is 13.0. The first-order valence-electron chi connectivity index (χ1n) is 5.99. The SMILES string of the molecule is C=CC(=O)Oc1ccc(C(=O)OC(C)C(F)(F)S(=O)(=O)O)cc1. The van der Waals surface area contributed by atoms with Crippen LogP contribution in [-0.2, 0) is 19.6 Å². The number of esters is 2. The molecule has 1 rings (SSSR count). The molecule has 0 radical (unpaired) electrons. The number of ether oxygens (including phenoxy) is 2. The number of carbonyl (C=O) groups is 2. The maximum absolute atomic E-state index is 13.3. The number of benzene rings is 1. The van der Waals surface area contributed by atoms with Crippen molar-refractivity contribution in [2.75, 3.05) is 0 Å². The van der Waals surface area contributed by atoms with Gasteiger partial charge in [0.15, 0.2) is 6.10 Å². The average Bonchev–Trinajstić information content (AvgIpc) is 2.46. The molecule has 23 heavy (non-hydrogen) atoms. The second kappa shape index (κ2) is 6.84. The van der Waals surface area contributed by atoms with Gasteiger partial charge in [-0.25, -0.2) is 9.59 Å². The number of hydrogen-bond acceptors (Lipinski definition) is 6. The lowest BCUT2D eigenvalue weighted by molar-refractivity contribution is -0.128. The summed E-state index contributed by atoms with van der Waals surface area (Å²) in [6.45, 7) is 3.81. The highest BCUT2D eigenvalue weighted by atomic mass is 32.2. The van der Waals surface area contributed by atoms with E-state index in [-0.39, 0.29) is 11.3 Å². The van der Waals surface area contributed by atoms with Crippen molar-refractivity contribution >= 4 is 22.1 Å². The maximum atomic E-state index is 13.3. The maximum Gasteiger partial charge on any atom is 0.405 e. The van der Waals surface area contributed by atoms with Gasteiger partial charge in [0.25, 0.3) is 0 Å². The van der Waals surface area contributed by atoms with E-state index in [1.807, 2.05) is 0 Å². The van der Waals surface area contributed by atoms with Crippen LogP contribution in [0.1, 0.15) is 17.3 Å². The van der Waals surface area contributed by atoms with Gasteiger partial charge in [-0.1, -0.05) is 6.58 Å². The Bertz CT molecular complexity index is 710.